The van der Waals surface area contributed by atoms with E-state index in [1.807, 2.05) is 25.1 Å². The summed E-state index contributed by atoms with van der Waals surface area (Å²) in [5, 5.41) is 3.26. The van der Waals surface area contributed by atoms with Crippen molar-refractivity contribution in [1.29, 1.82) is 0 Å². The highest BCUT2D eigenvalue weighted by atomic mass is 15.1. The smallest absolute Gasteiger partial charge is 0.182 e. The van der Waals surface area contributed by atoms with Crippen molar-refractivity contribution in [3.63, 3.8) is 0 Å². The molecule has 2 aromatic heterocycles. The predicted octanol–water partition coefficient (Wildman–Crippen LogP) is 1.86. The van der Waals surface area contributed by atoms with E-state index in [0.717, 1.165) is 28.1 Å². The number of rotatable bonds is 3. The summed E-state index contributed by atoms with van der Waals surface area (Å²) in [7, 11) is 0. The lowest BCUT2D eigenvalue weighted by atomic mass is 10.1. The molecule has 0 amide bonds. The number of nitrogens with two attached hydrogens (primary N) is 1. The van der Waals surface area contributed by atoms with Gasteiger partial charge in [-0.1, -0.05) is 18.2 Å². The zero-order valence-electron chi connectivity index (χ0n) is 10.5. The van der Waals surface area contributed by atoms with Crippen molar-refractivity contribution in [3.05, 3.63) is 42.0 Å². The van der Waals surface area contributed by atoms with Crippen LogP contribution in [-0.2, 0) is 6.54 Å². The molecule has 0 radical (unpaired) electrons. The average Bonchev–Trinajstić information content (AvgIpc) is 2.89. The van der Waals surface area contributed by atoms with Gasteiger partial charge in [-0.25, -0.2) is 15.0 Å². The van der Waals surface area contributed by atoms with Gasteiger partial charge < -0.3 is 16.0 Å². The second-order valence-corrected chi connectivity index (χ2v) is 4.32. The van der Waals surface area contributed by atoms with Crippen molar-refractivity contribution in [1.82, 2.24) is 19.9 Å². The summed E-state index contributed by atoms with van der Waals surface area (Å²) in [5.74, 6) is 0.725. The highest BCUT2D eigenvalue weighted by Gasteiger charge is 2.06. The molecule has 3 rings (SSSR count). The molecule has 0 aliphatic heterocycles. The van der Waals surface area contributed by atoms with E-state index in [0.29, 0.717) is 12.2 Å². The zero-order valence-corrected chi connectivity index (χ0v) is 10.5. The van der Waals surface area contributed by atoms with Crippen LogP contribution in [0.1, 0.15) is 11.1 Å². The highest BCUT2D eigenvalue weighted by molar-refractivity contribution is 5.81. The van der Waals surface area contributed by atoms with Crippen LogP contribution in [0.5, 0.6) is 0 Å². The van der Waals surface area contributed by atoms with E-state index >= 15 is 0 Å². The normalized spacial score (nSPS) is 10.8. The van der Waals surface area contributed by atoms with Crippen LogP contribution in [0.15, 0.2) is 30.9 Å². The molecule has 19 heavy (non-hydrogen) atoms. The fourth-order valence-electron chi connectivity index (χ4n) is 1.97. The first-order chi connectivity index (χ1) is 9.25. The number of fused-ring (bicyclic) bond motifs is 1. The van der Waals surface area contributed by atoms with Crippen LogP contribution in [-0.4, -0.2) is 19.9 Å². The summed E-state index contributed by atoms with van der Waals surface area (Å²) in [6, 6.07) is 5.99. The zero-order chi connectivity index (χ0) is 13.2. The number of benzene rings is 1. The fourth-order valence-corrected chi connectivity index (χ4v) is 1.97. The number of aromatic amines is 1. The number of imidazole rings is 1. The standard InChI is InChI=1S/C13H14N6/c1-8-3-2-4-9(10(8)14)5-15-12-11-13(17-6-16-11)19-7-18-12/h2-4,6-7H,5,14H2,1H3,(H2,15,16,17,18,19). The molecule has 6 nitrogen and oxygen atoms in total. The number of hydrogen-bond acceptors (Lipinski definition) is 5. The van der Waals surface area contributed by atoms with Crippen molar-refractivity contribution in [3.8, 4) is 0 Å². The Morgan fingerprint density at radius 2 is 2.16 bits per heavy atom. The molecule has 0 atom stereocenters. The Morgan fingerprint density at radius 3 is 3.05 bits per heavy atom. The van der Waals surface area contributed by atoms with Gasteiger partial charge in [0.1, 0.15) is 11.8 Å². The summed E-state index contributed by atoms with van der Waals surface area (Å²) in [6.07, 6.45) is 3.09. The maximum Gasteiger partial charge on any atom is 0.182 e. The third-order valence-electron chi connectivity index (χ3n) is 3.08. The Kier molecular flexibility index (Phi) is 2.75. The van der Waals surface area contributed by atoms with Crippen molar-refractivity contribution < 1.29 is 0 Å². The van der Waals surface area contributed by atoms with Gasteiger partial charge in [-0.3, -0.25) is 0 Å². The van der Waals surface area contributed by atoms with E-state index in [9.17, 15) is 0 Å². The van der Waals surface area contributed by atoms with Crippen LogP contribution in [0.3, 0.4) is 0 Å². The molecular weight excluding hydrogens is 240 g/mol. The van der Waals surface area contributed by atoms with Gasteiger partial charge in [0.15, 0.2) is 11.5 Å². The van der Waals surface area contributed by atoms with E-state index in [-0.39, 0.29) is 0 Å². The number of anilines is 2. The first-order valence-corrected chi connectivity index (χ1v) is 5.97. The third-order valence-corrected chi connectivity index (χ3v) is 3.08. The summed E-state index contributed by atoms with van der Waals surface area (Å²) >= 11 is 0. The van der Waals surface area contributed by atoms with Crippen molar-refractivity contribution in [2.75, 3.05) is 11.1 Å². The Morgan fingerprint density at radius 1 is 1.26 bits per heavy atom. The van der Waals surface area contributed by atoms with Crippen LogP contribution >= 0.6 is 0 Å². The van der Waals surface area contributed by atoms with Gasteiger partial charge in [0.25, 0.3) is 0 Å². The van der Waals surface area contributed by atoms with Crippen LogP contribution in [0, 0.1) is 6.92 Å². The Hall–Kier alpha value is -2.63. The maximum atomic E-state index is 6.05. The summed E-state index contributed by atoms with van der Waals surface area (Å²) < 4.78 is 0. The minimum Gasteiger partial charge on any atom is -0.398 e. The molecule has 96 valence electrons. The molecule has 0 aliphatic carbocycles. The SMILES string of the molecule is Cc1cccc(CNc2ncnc3nc[nH]c23)c1N. The van der Waals surface area contributed by atoms with E-state index in [1.54, 1.807) is 6.33 Å². The maximum absolute atomic E-state index is 6.05. The van der Waals surface area contributed by atoms with Gasteiger partial charge in [0, 0.05) is 12.2 Å². The number of H-pyrrole nitrogens is 1. The van der Waals surface area contributed by atoms with Gasteiger partial charge in [0.2, 0.25) is 0 Å². The first-order valence-electron chi connectivity index (χ1n) is 5.97. The molecule has 0 spiro atoms. The molecule has 1 aromatic carbocycles. The summed E-state index contributed by atoms with van der Waals surface area (Å²) in [6.45, 7) is 2.61. The van der Waals surface area contributed by atoms with Gasteiger partial charge >= 0.3 is 0 Å². The summed E-state index contributed by atoms with van der Waals surface area (Å²) in [4.78, 5) is 15.4. The molecule has 0 saturated heterocycles. The van der Waals surface area contributed by atoms with E-state index in [1.165, 1.54) is 6.33 Å². The minimum absolute atomic E-state index is 0.610. The molecule has 0 saturated carbocycles. The largest absolute Gasteiger partial charge is 0.398 e. The number of nitrogen functional groups attached to an aromatic ring is 1. The van der Waals surface area contributed by atoms with Gasteiger partial charge in [0.05, 0.1) is 6.33 Å². The molecule has 0 fully saturated rings. The monoisotopic (exact) mass is 254 g/mol. The van der Waals surface area contributed by atoms with Crippen molar-refractivity contribution >= 4 is 22.7 Å². The van der Waals surface area contributed by atoms with Gasteiger partial charge in [-0.05, 0) is 18.1 Å². The number of nitrogens with zero attached hydrogens (tertiary/aromatic N) is 3. The first kappa shape index (κ1) is 11.5. The molecule has 0 unspecified atom stereocenters. The lowest BCUT2D eigenvalue weighted by molar-refractivity contribution is 1.10. The van der Waals surface area contributed by atoms with Crippen LogP contribution in [0.25, 0.3) is 11.2 Å². The predicted molar refractivity (Wildman–Crippen MR) is 74.6 cm³/mol. The average molecular weight is 254 g/mol. The van der Waals surface area contributed by atoms with Crippen LogP contribution < -0.4 is 11.1 Å². The van der Waals surface area contributed by atoms with Crippen molar-refractivity contribution in [2.24, 2.45) is 0 Å². The topological polar surface area (TPSA) is 92.5 Å². The van der Waals surface area contributed by atoms with E-state index in [4.69, 9.17) is 5.73 Å². The Balaban J connectivity index is 1.86. The van der Waals surface area contributed by atoms with Gasteiger partial charge in [-0.15, -0.1) is 0 Å². The quantitative estimate of drug-likeness (QED) is 0.620. The van der Waals surface area contributed by atoms with Crippen molar-refractivity contribution in [2.45, 2.75) is 13.5 Å². The highest BCUT2D eigenvalue weighted by Crippen LogP contribution is 2.19. The molecule has 0 aliphatic rings. The van der Waals surface area contributed by atoms with Crippen LogP contribution in [0.2, 0.25) is 0 Å². The molecular formula is C13H14N6. The van der Waals surface area contributed by atoms with E-state index < -0.39 is 0 Å². The molecule has 3 aromatic rings. The number of hydrogen-bond donors (Lipinski definition) is 3. The molecule has 0 bridgehead atoms. The number of aryl methyl sites for hydroxylation is 1. The second kappa shape index (κ2) is 4.56. The molecule has 6 heteroatoms. The lowest BCUT2D eigenvalue weighted by Crippen LogP contribution is -2.06. The van der Waals surface area contributed by atoms with Gasteiger partial charge in [-0.2, -0.15) is 0 Å². The molecule has 4 N–H and O–H groups in total. The number of nitrogens with one attached hydrogen (secondary N) is 2. The second-order valence-electron chi connectivity index (χ2n) is 4.32. The Labute approximate surface area is 110 Å². The van der Waals surface area contributed by atoms with E-state index in [2.05, 4.69) is 25.3 Å². The number of aromatic nitrogens is 4. The Bertz CT molecular complexity index is 718. The summed E-state index contributed by atoms with van der Waals surface area (Å²) in [5.41, 5.74) is 10.4. The van der Waals surface area contributed by atoms with Crippen LogP contribution in [0.4, 0.5) is 11.5 Å². The lowest BCUT2D eigenvalue weighted by Gasteiger charge is -2.10. The third kappa shape index (κ3) is 2.08. The fraction of sp³-hybridized carbons (Fsp3) is 0.154. The number of para-hydroxylation sites is 1. The minimum atomic E-state index is 0.610. The molecule has 2 heterocycles.